The SMILES string of the molecule is CC(C)[C@H](NC(=O)c1ccccc1NC(=O)c1ccco1)C(=O)NNC(=O)c1ccncc1. The molecule has 0 bridgehead atoms. The van der Waals surface area contributed by atoms with Crippen molar-refractivity contribution >= 4 is 29.3 Å². The molecule has 0 fully saturated rings. The van der Waals surface area contributed by atoms with Crippen molar-refractivity contribution < 1.29 is 23.6 Å². The molecule has 0 spiro atoms. The minimum atomic E-state index is -0.955. The Morgan fingerprint density at radius 3 is 2.24 bits per heavy atom. The molecule has 4 N–H and O–H groups in total. The molecule has 4 amide bonds. The number of benzene rings is 1. The fourth-order valence-corrected chi connectivity index (χ4v) is 2.91. The van der Waals surface area contributed by atoms with Gasteiger partial charge in [-0.05, 0) is 42.3 Å². The molecular formula is C23H23N5O5. The van der Waals surface area contributed by atoms with Gasteiger partial charge in [0.25, 0.3) is 23.6 Å². The van der Waals surface area contributed by atoms with Crippen molar-refractivity contribution in [1.29, 1.82) is 0 Å². The van der Waals surface area contributed by atoms with E-state index in [9.17, 15) is 19.2 Å². The molecule has 2 heterocycles. The van der Waals surface area contributed by atoms with Gasteiger partial charge in [0.15, 0.2) is 5.76 Å². The highest BCUT2D eigenvalue weighted by atomic mass is 16.3. The average molecular weight is 449 g/mol. The third-order valence-corrected chi connectivity index (χ3v) is 4.64. The van der Waals surface area contributed by atoms with E-state index in [1.54, 1.807) is 38.1 Å². The molecule has 0 unspecified atom stereocenters. The standard InChI is InChI=1S/C23H23N5O5/c1-14(2)19(23(32)28-27-20(29)15-9-11-24-12-10-15)26-21(30)16-6-3-4-7-17(16)25-22(31)18-8-5-13-33-18/h3-14,19H,1-2H3,(H,25,31)(H,26,30)(H,27,29)(H,28,32)/t19-/m0/s1. The molecule has 3 rings (SSSR count). The van der Waals surface area contributed by atoms with Crippen LogP contribution in [0.25, 0.3) is 0 Å². The first-order valence-corrected chi connectivity index (χ1v) is 10.1. The predicted molar refractivity (Wildman–Crippen MR) is 119 cm³/mol. The summed E-state index contributed by atoms with van der Waals surface area (Å²) in [6, 6.07) is 11.5. The number of hydrogen-bond acceptors (Lipinski definition) is 6. The lowest BCUT2D eigenvalue weighted by atomic mass is 10.0. The van der Waals surface area contributed by atoms with Crippen molar-refractivity contribution in [3.8, 4) is 0 Å². The number of amides is 4. The molecule has 10 heteroatoms. The Morgan fingerprint density at radius 2 is 1.58 bits per heavy atom. The van der Waals surface area contributed by atoms with E-state index in [4.69, 9.17) is 4.42 Å². The van der Waals surface area contributed by atoms with Gasteiger partial charge in [-0.1, -0.05) is 26.0 Å². The van der Waals surface area contributed by atoms with Crippen molar-refractivity contribution in [2.75, 3.05) is 5.32 Å². The smallest absolute Gasteiger partial charge is 0.291 e. The number of aromatic nitrogens is 1. The van der Waals surface area contributed by atoms with E-state index in [2.05, 4.69) is 26.5 Å². The third kappa shape index (κ3) is 6.03. The first-order chi connectivity index (χ1) is 15.9. The molecule has 0 saturated carbocycles. The number of hydrogen-bond donors (Lipinski definition) is 4. The molecule has 0 aliphatic carbocycles. The highest BCUT2D eigenvalue weighted by molar-refractivity contribution is 6.08. The minimum Gasteiger partial charge on any atom is -0.459 e. The van der Waals surface area contributed by atoms with E-state index in [1.165, 1.54) is 42.9 Å². The lowest BCUT2D eigenvalue weighted by Crippen LogP contribution is -2.54. The number of hydrazine groups is 1. The molecule has 0 aliphatic heterocycles. The van der Waals surface area contributed by atoms with Crippen LogP contribution in [0, 0.1) is 5.92 Å². The zero-order valence-electron chi connectivity index (χ0n) is 18.0. The lowest BCUT2D eigenvalue weighted by molar-refractivity contribution is -0.124. The second-order valence-corrected chi connectivity index (χ2v) is 7.35. The van der Waals surface area contributed by atoms with Crippen LogP contribution in [0.5, 0.6) is 0 Å². The molecule has 1 aromatic carbocycles. The molecule has 10 nitrogen and oxygen atoms in total. The van der Waals surface area contributed by atoms with Crippen LogP contribution in [0.15, 0.2) is 71.6 Å². The Bertz CT molecular complexity index is 1130. The summed E-state index contributed by atoms with van der Waals surface area (Å²) >= 11 is 0. The Hall–Kier alpha value is -4.47. The highest BCUT2D eigenvalue weighted by Crippen LogP contribution is 2.17. The Kier molecular flexibility index (Phi) is 7.53. The average Bonchev–Trinajstić information content (AvgIpc) is 3.36. The quantitative estimate of drug-likeness (QED) is 0.407. The third-order valence-electron chi connectivity index (χ3n) is 4.64. The van der Waals surface area contributed by atoms with Gasteiger partial charge in [-0.3, -0.25) is 35.0 Å². The summed E-state index contributed by atoms with van der Waals surface area (Å²) in [4.78, 5) is 53.9. The van der Waals surface area contributed by atoms with Crippen LogP contribution in [0.1, 0.15) is 45.1 Å². The maximum Gasteiger partial charge on any atom is 0.291 e. The summed E-state index contributed by atoms with van der Waals surface area (Å²) in [5.41, 5.74) is 5.38. The Balaban J connectivity index is 1.67. The summed E-state index contributed by atoms with van der Waals surface area (Å²) in [6.07, 6.45) is 4.28. The van der Waals surface area contributed by atoms with E-state index in [0.717, 1.165) is 0 Å². The van der Waals surface area contributed by atoms with Gasteiger partial charge in [0.05, 0.1) is 17.5 Å². The number of furan rings is 1. The molecule has 0 aliphatic rings. The van der Waals surface area contributed by atoms with Crippen molar-refractivity contribution in [1.82, 2.24) is 21.2 Å². The first kappa shape index (κ1) is 23.2. The number of pyridine rings is 1. The van der Waals surface area contributed by atoms with Crippen molar-refractivity contribution in [2.45, 2.75) is 19.9 Å². The van der Waals surface area contributed by atoms with Crippen molar-refractivity contribution in [3.05, 3.63) is 84.1 Å². The number of carbonyl (C=O) groups excluding carboxylic acids is 4. The van der Waals surface area contributed by atoms with E-state index in [1.807, 2.05) is 0 Å². The zero-order valence-corrected chi connectivity index (χ0v) is 18.0. The molecule has 3 aromatic rings. The fourth-order valence-electron chi connectivity index (χ4n) is 2.91. The summed E-state index contributed by atoms with van der Waals surface area (Å²) in [5, 5.41) is 5.29. The van der Waals surface area contributed by atoms with E-state index < -0.39 is 29.7 Å². The van der Waals surface area contributed by atoms with Gasteiger partial charge in [0.2, 0.25) is 0 Å². The number of anilines is 1. The monoisotopic (exact) mass is 449 g/mol. The van der Waals surface area contributed by atoms with Gasteiger partial charge in [-0.15, -0.1) is 0 Å². The second-order valence-electron chi connectivity index (χ2n) is 7.35. The van der Waals surface area contributed by atoms with Crippen LogP contribution in [-0.2, 0) is 4.79 Å². The summed E-state index contributed by atoms with van der Waals surface area (Å²) in [5.74, 6) is -2.41. The molecular weight excluding hydrogens is 426 g/mol. The summed E-state index contributed by atoms with van der Waals surface area (Å²) < 4.78 is 5.07. The van der Waals surface area contributed by atoms with Gasteiger partial charge >= 0.3 is 0 Å². The molecule has 0 radical (unpaired) electrons. The van der Waals surface area contributed by atoms with Gasteiger partial charge < -0.3 is 15.1 Å². The number of rotatable bonds is 7. The van der Waals surface area contributed by atoms with Crippen LogP contribution < -0.4 is 21.5 Å². The maximum atomic E-state index is 13.0. The number of nitrogens with one attached hydrogen (secondary N) is 4. The molecule has 2 aromatic heterocycles. The van der Waals surface area contributed by atoms with E-state index in [0.29, 0.717) is 5.56 Å². The normalized spacial score (nSPS) is 11.4. The Morgan fingerprint density at radius 1 is 0.848 bits per heavy atom. The lowest BCUT2D eigenvalue weighted by Gasteiger charge is -2.22. The van der Waals surface area contributed by atoms with Gasteiger partial charge in [-0.25, -0.2) is 0 Å². The van der Waals surface area contributed by atoms with Gasteiger partial charge in [-0.2, -0.15) is 0 Å². The van der Waals surface area contributed by atoms with Gasteiger partial charge in [0, 0.05) is 18.0 Å². The topological polar surface area (TPSA) is 142 Å². The Labute approximate surface area is 189 Å². The zero-order chi connectivity index (χ0) is 23.8. The number of nitrogens with zero attached hydrogens (tertiary/aromatic N) is 1. The van der Waals surface area contributed by atoms with Gasteiger partial charge in [0.1, 0.15) is 6.04 Å². The van der Waals surface area contributed by atoms with Crippen LogP contribution in [0.2, 0.25) is 0 Å². The molecule has 0 saturated heterocycles. The minimum absolute atomic E-state index is 0.0922. The molecule has 33 heavy (non-hydrogen) atoms. The molecule has 170 valence electrons. The van der Waals surface area contributed by atoms with E-state index >= 15 is 0 Å². The van der Waals surface area contributed by atoms with Crippen molar-refractivity contribution in [3.63, 3.8) is 0 Å². The fraction of sp³-hybridized carbons (Fsp3) is 0.174. The maximum absolute atomic E-state index is 13.0. The summed E-state index contributed by atoms with van der Waals surface area (Å²) in [7, 11) is 0. The second kappa shape index (κ2) is 10.7. The first-order valence-electron chi connectivity index (χ1n) is 10.1. The summed E-state index contributed by atoms with van der Waals surface area (Å²) in [6.45, 7) is 3.50. The highest BCUT2D eigenvalue weighted by Gasteiger charge is 2.26. The number of para-hydroxylation sites is 1. The predicted octanol–water partition coefficient (Wildman–Crippen LogP) is 2.14. The van der Waals surface area contributed by atoms with Crippen molar-refractivity contribution in [2.24, 2.45) is 5.92 Å². The van der Waals surface area contributed by atoms with Crippen LogP contribution in [0.4, 0.5) is 5.69 Å². The molecule has 1 atom stereocenters. The van der Waals surface area contributed by atoms with Crippen LogP contribution in [-0.4, -0.2) is 34.7 Å². The van der Waals surface area contributed by atoms with Crippen LogP contribution >= 0.6 is 0 Å². The van der Waals surface area contributed by atoms with E-state index in [-0.39, 0.29) is 22.9 Å². The van der Waals surface area contributed by atoms with Crippen LogP contribution in [0.3, 0.4) is 0 Å². The largest absolute Gasteiger partial charge is 0.459 e. The number of carbonyl (C=O) groups is 4.